The van der Waals surface area contributed by atoms with Crippen LogP contribution in [0.5, 0.6) is 0 Å². The minimum Gasteiger partial charge on any atom is -0.457 e. The molecular weight excluding hydrogens is 462 g/mol. The molecule has 1 aliphatic heterocycles. The summed E-state index contributed by atoms with van der Waals surface area (Å²) in [6, 6.07) is 32.4. The minimum atomic E-state index is -0.498. The first-order valence-corrected chi connectivity index (χ1v) is 12.5. The third kappa shape index (κ3) is 3.20. The van der Waals surface area contributed by atoms with E-state index in [1.165, 1.54) is 4.90 Å². The zero-order valence-electron chi connectivity index (χ0n) is 19.9. The van der Waals surface area contributed by atoms with Crippen molar-refractivity contribution in [2.24, 2.45) is 11.8 Å². The quantitative estimate of drug-likeness (QED) is 0.285. The van der Waals surface area contributed by atoms with Crippen LogP contribution >= 0.6 is 0 Å². The van der Waals surface area contributed by atoms with E-state index in [-0.39, 0.29) is 30.3 Å². The van der Waals surface area contributed by atoms with Crippen molar-refractivity contribution < 1.29 is 19.1 Å². The first-order chi connectivity index (χ1) is 18.1. The van der Waals surface area contributed by atoms with Crippen molar-refractivity contribution in [3.8, 4) is 0 Å². The van der Waals surface area contributed by atoms with Gasteiger partial charge in [-0.2, -0.15) is 0 Å². The van der Waals surface area contributed by atoms with Crippen LogP contribution in [0.1, 0.15) is 50.0 Å². The van der Waals surface area contributed by atoms with E-state index in [4.69, 9.17) is 4.74 Å². The summed E-state index contributed by atoms with van der Waals surface area (Å²) in [6.45, 7) is 0.148. The number of rotatable bonds is 4. The number of ether oxygens (including phenoxy) is 1. The molecular formula is C32H23NO4. The number of hydrogen-bond acceptors (Lipinski definition) is 4. The molecule has 3 aliphatic carbocycles. The molecule has 5 heteroatoms. The van der Waals surface area contributed by atoms with Crippen molar-refractivity contribution >= 4 is 23.5 Å². The first-order valence-electron chi connectivity index (χ1n) is 12.5. The largest absolute Gasteiger partial charge is 0.457 e. The van der Waals surface area contributed by atoms with Crippen molar-refractivity contribution in [2.45, 2.75) is 18.4 Å². The lowest BCUT2D eigenvalue weighted by atomic mass is 9.55. The fraction of sp³-hybridized carbons (Fsp3) is 0.156. The summed E-state index contributed by atoms with van der Waals surface area (Å²) in [5.74, 6) is -2.16. The van der Waals surface area contributed by atoms with Crippen molar-refractivity contribution in [2.75, 3.05) is 4.90 Å². The van der Waals surface area contributed by atoms with E-state index in [1.807, 2.05) is 54.6 Å². The number of amides is 2. The summed E-state index contributed by atoms with van der Waals surface area (Å²) in [6.07, 6.45) is 0. The summed E-state index contributed by atoms with van der Waals surface area (Å²) in [5, 5.41) is 0. The Morgan fingerprint density at radius 2 is 1.16 bits per heavy atom. The number of carbonyl (C=O) groups excluding carboxylic acids is 3. The molecule has 180 valence electrons. The van der Waals surface area contributed by atoms with Gasteiger partial charge < -0.3 is 4.74 Å². The smallest absolute Gasteiger partial charge is 0.338 e. The lowest BCUT2D eigenvalue weighted by molar-refractivity contribution is -0.122. The van der Waals surface area contributed by atoms with Gasteiger partial charge >= 0.3 is 5.97 Å². The third-order valence-corrected chi connectivity index (χ3v) is 8.00. The van der Waals surface area contributed by atoms with Crippen LogP contribution in [0.4, 0.5) is 5.69 Å². The van der Waals surface area contributed by atoms with Crippen LogP contribution in [0.2, 0.25) is 0 Å². The van der Waals surface area contributed by atoms with Gasteiger partial charge in [0.1, 0.15) is 6.61 Å². The molecule has 0 saturated carbocycles. The molecule has 4 aliphatic rings. The fourth-order valence-electron chi connectivity index (χ4n) is 6.51. The number of imide groups is 1. The standard InChI is InChI=1S/C32H23NO4/c34-30-28-26-22-13-4-5-14-23(22)27(25-16-7-6-15-24(25)26)29(28)31(35)33(30)21-12-8-11-20(17-21)32(36)37-18-19-9-2-1-3-10-19/h1-17,26-29H,18H2/t26?,27?,28-,29+. The fourth-order valence-corrected chi connectivity index (χ4v) is 6.51. The molecule has 4 aromatic rings. The summed E-state index contributed by atoms with van der Waals surface area (Å²) >= 11 is 0. The van der Waals surface area contributed by atoms with E-state index < -0.39 is 17.8 Å². The predicted molar refractivity (Wildman–Crippen MR) is 138 cm³/mol. The average molecular weight is 486 g/mol. The lowest BCUT2D eigenvalue weighted by Crippen LogP contribution is -2.41. The second kappa shape index (κ2) is 8.27. The molecule has 0 radical (unpaired) electrons. The molecule has 1 saturated heterocycles. The highest BCUT2D eigenvalue weighted by Crippen LogP contribution is 2.61. The molecule has 1 heterocycles. The van der Waals surface area contributed by atoms with Crippen molar-refractivity contribution in [1.82, 2.24) is 0 Å². The van der Waals surface area contributed by atoms with Crippen LogP contribution in [0.25, 0.3) is 0 Å². The molecule has 0 aromatic heterocycles. The molecule has 37 heavy (non-hydrogen) atoms. The zero-order chi connectivity index (χ0) is 25.1. The highest BCUT2D eigenvalue weighted by molar-refractivity contribution is 6.23. The maximum Gasteiger partial charge on any atom is 0.338 e. The van der Waals surface area contributed by atoms with E-state index in [2.05, 4.69) is 24.3 Å². The minimum absolute atomic E-state index is 0.148. The summed E-state index contributed by atoms with van der Waals surface area (Å²) in [5.41, 5.74) is 6.13. The molecule has 2 amide bonds. The average Bonchev–Trinajstić information content (AvgIpc) is 3.22. The Balaban J connectivity index is 1.23. The van der Waals surface area contributed by atoms with Crippen LogP contribution in [-0.4, -0.2) is 17.8 Å². The Kier molecular flexibility index (Phi) is 4.86. The summed E-state index contributed by atoms with van der Waals surface area (Å²) in [4.78, 5) is 42.0. The van der Waals surface area contributed by atoms with Gasteiger partial charge in [0.15, 0.2) is 0 Å². The lowest BCUT2D eigenvalue weighted by Gasteiger charge is -2.45. The number of benzene rings is 4. The second-order valence-electron chi connectivity index (χ2n) is 9.89. The van der Waals surface area contributed by atoms with Crippen LogP contribution in [-0.2, 0) is 20.9 Å². The molecule has 5 nitrogen and oxygen atoms in total. The van der Waals surface area contributed by atoms with E-state index >= 15 is 0 Å². The molecule has 4 aromatic carbocycles. The third-order valence-electron chi connectivity index (χ3n) is 8.00. The maximum atomic E-state index is 13.9. The maximum absolute atomic E-state index is 13.9. The van der Waals surface area contributed by atoms with Gasteiger partial charge in [0.05, 0.1) is 23.1 Å². The SMILES string of the molecule is O=C(OCc1ccccc1)c1cccc(N2C(=O)[C@@H]3C4c5ccccc5C(c5ccccc54)[C@@H]3C2=O)c1. The topological polar surface area (TPSA) is 63.7 Å². The molecule has 1 fully saturated rings. The van der Waals surface area contributed by atoms with Crippen molar-refractivity contribution in [3.63, 3.8) is 0 Å². The molecule has 2 bridgehead atoms. The first kappa shape index (κ1) is 21.7. The molecule has 0 spiro atoms. The van der Waals surface area contributed by atoms with Crippen LogP contribution in [0.3, 0.4) is 0 Å². The molecule has 0 N–H and O–H groups in total. The highest BCUT2D eigenvalue weighted by atomic mass is 16.5. The van der Waals surface area contributed by atoms with Crippen LogP contribution < -0.4 is 4.90 Å². The van der Waals surface area contributed by atoms with Gasteiger partial charge in [-0.15, -0.1) is 0 Å². The van der Waals surface area contributed by atoms with Gasteiger partial charge in [-0.05, 0) is 46.0 Å². The predicted octanol–water partition coefficient (Wildman–Crippen LogP) is 5.44. The molecule has 8 rings (SSSR count). The Hall–Kier alpha value is -4.51. The van der Waals surface area contributed by atoms with Crippen molar-refractivity contribution in [3.05, 3.63) is 137 Å². The molecule has 2 atom stereocenters. The highest BCUT2D eigenvalue weighted by Gasteiger charge is 2.61. The monoisotopic (exact) mass is 485 g/mol. The van der Waals surface area contributed by atoms with Crippen LogP contribution in [0, 0.1) is 11.8 Å². The van der Waals surface area contributed by atoms with Crippen molar-refractivity contribution in [1.29, 1.82) is 0 Å². The van der Waals surface area contributed by atoms with Crippen LogP contribution in [0.15, 0.2) is 103 Å². The van der Waals surface area contributed by atoms with Gasteiger partial charge in [-0.25, -0.2) is 9.69 Å². The Bertz CT molecular complexity index is 1460. The summed E-state index contributed by atoms with van der Waals surface area (Å²) < 4.78 is 5.48. The van der Waals surface area contributed by atoms with Gasteiger partial charge in [0, 0.05) is 11.8 Å². The number of anilines is 1. The zero-order valence-corrected chi connectivity index (χ0v) is 19.9. The van der Waals surface area contributed by atoms with Gasteiger partial charge in [-0.1, -0.05) is 84.9 Å². The van der Waals surface area contributed by atoms with E-state index in [9.17, 15) is 14.4 Å². The number of carbonyl (C=O) groups is 3. The number of esters is 1. The van der Waals surface area contributed by atoms with Gasteiger partial charge in [0.25, 0.3) is 0 Å². The number of hydrogen-bond donors (Lipinski definition) is 0. The normalized spacial score (nSPS) is 22.9. The number of nitrogens with zero attached hydrogens (tertiary/aromatic N) is 1. The van der Waals surface area contributed by atoms with E-state index in [0.717, 1.165) is 27.8 Å². The molecule has 0 unspecified atom stereocenters. The van der Waals surface area contributed by atoms with E-state index in [1.54, 1.807) is 24.3 Å². The second-order valence-corrected chi connectivity index (χ2v) is 9.89. The Labute approximate surface area is 214 Å². The van der Waals surface area contributed by atoms with Gasteiger partial charge in [-0.3, -0.25) is 9.59 Å². The Morgan fingerprint density at radius 1 is 0.649 bits per heavy atom. The van der Waals surface area contributed by atoms with Gasteiger partial charge in [0.2, 0.25) is 11.8 Å². The summed E-state index contributed by atoms with van der Waals surface area (Å²) in [7, 11) is 0. The van der Waals surface area contributed by atoms with E-state index in [0.29, 0.717) is 11.3 Å². The Morgan fingerprint density at radius 3 is 1.70 bits per heavy atom.